The third-order valence-electron chi connectivity index (χ3n) is 8.64. The van der Waals surface area contributed by atoms with E-state index in [1.54, 1.807) is 0 Å². The standard InChI is InChI=1S/C31H41NO3/c1-2-3-4-5-6-7-12-19-31(34)20-23-17-18-24(21-31)32(23)30(33)35-22-29-27-15-10-8-13-25(27)26-14-9-11-16-28(26)29/h8-11,13-16,23-24,29,34H,2-7,12,17-22H2,1H3. The van der Waals surface area contributed by atoms with E-state index in [1.165, 1.54) is 60.8 Å². The summed E-state index contributed by atoms with van der Waals surface area (Å²) in [6.07, 6.45) is 12.9. The van der Waals surface area contributed by atoms with Gasteiger partial charge in [-0.05, 0) is 54.4 Å². The molecule has 2 fully saturated rings. The van der Waals surface area contributed by atoms with E-state index < -0.39 is 5.60 Å². The predicted molar refractivity (Wildman–Crippen MR) is 141 cm³/mol. The summed E-state index contributed by atoms with van der Waals surface area (Å²) in [5.41, 5.74) is 4.37. The molecule has 0 spiro atoms. The number of carbonyl (C=O) groups is 1. The number of hydrogen-bond acceptors (Lipinski definition) is 3. The summed E-state index contributed by atoms with van der Waals surface area (Å²) in [5.74, 6) is 0.0862. The summed E-state index contributed by atoms with van der Waals surface area (Å²) < 4.78 is 5.98. The largest absolute Gasteiger partial charge is 0.448 e. The Labute approximate surface area is 210 Å². The maximum absolute atomic E-state index is 13.3. The molecule has 1 amide bonds. The van der Waals surface area contributed by atoms with Crippen LogP contribution in [0.3, 0.4) is 0 Å². The molecule has 0 saturated carbocycles. The molecule has 2 saturated heterocycles. The molecule has 5 rings (SSSR count). The van der Waals surface area contributed by atoms with Gasteiger partial charge in [0.15, 0.2) is 0 Å². The lowest BCUT2D eigenvalue weighted by molar-refractivity contribution is -0.0548. The van der Waals surface area contributed by atoms with Gasteiger partial charge in [-0.1, -0.05) is 100 Å². The molecule has 0 radical (unpaired) electrons. The van der Waals surface area contributed by atoms with Gasteiger partial charge in [0.1, 0.15) is 6.61 Å². The molecule has 3 aliphatic rings. The molecule has 188 valence electrons. The van der Waals surface area contributed by atoms with Crippen LogP contribution in [0.15, 0.2) is 48.5 Å². The van der Waals surface area contributed by atoms with Crippen molar-refractivity contribution in [2.45, 2.75) is 108 Å². The molecular weight excluding hydrogens is 434 g/mol. The van der Waals surface area contributed by atoms with Crippen molar-refractivity contribution in [3.63, 3.8) is 0 Å². The number of aliphatic hydroxyl groups is 1. The highest BCUT2D eigenvalue weighted by molar-refractivity contribution is 5.79. The molecule has 2 aromatic rings. The first kappa shape index (κ1) is 24.4. The summed E-state index contributed by atoms with van der Waals surface area (Å²) >= 11 is 0. The molecule has 2 aromatic carbocycles. The fourth-order valence-corrected chi connectivity index (χ4v) is 6.90. The van der Waals surface area contributed by atoms with Crippen LogP contribution in [0.5, 0.6) is 0 Å². The van der Waals surface area contributed by atoms with Gasteiger partial charge in [-0.3, -0.25) is 0 Å². The number of benzene rings is 2. The number of unbranched alkanes of at least 4 members (excludes halogenated alkanes) is 6. The molecular formula is C31H41NO3. The number of carbonyl (C=O) groups excluding carboxylic acids is 1. The maximum atomic E-state index is 13.3. The number of rotatable bonds is 10. The number of ether oxygens (including phenoxy) is 1. The van der Waals surface area contributed by atoms with Crippen LogP contribution in [0.1, 0.15) is 101 Å². The number of fused-ring (bicyclic) bond motifs is 5. The molecule has 2 aliphatic heterocycles. The molecule has 2 atom stereocenters. The first-order chi connectivity index (χ1) is 17.1. The van der Waals surface area contributed by atoms with E-state index in [1.807, 2.05) is 4.90 Å². The first-order valence-electron chi connectivity index (χ1n) is 14.0. The van der Waals surface area contributed by atoms with Crippen LogP contribution in [0.25, 0.3) is 11.1 Å². The molecule has 35 heavy (non-hydrogen) atoms. The number of piperidine rings is 1. The average Bonchev–Trinajstić information content (AvgIpc) is 3.34. The van der Waals surface area contributed by atoms with Crippen molar-refractivity contribution in [1.29, 1.82) is 0 Å². The quantitative estimate of drug-likeness (QED) is 0.363. The summed E-state index contributed by atoms with van der Waals surface area (Å²) in [6.45, 7) is 2.61. The van der Waals surface area contributed by atoms with E-state index in [0.29, 0.717) is 19.4 Å². The fraction of sp³-hybridized carbons (Fsp3) is 0.581. The molecule has 4 heteroatoms. The molecule has 2 heterocycles. The van der Waals surface area contributed by atoms with Gasteiger partial charge >= 0.3 is 6.09 Å². The van der Waals surface area contributed by atoms with Gasteiger partial charge in [0.2, 0.25) is 0 Å². The van der Waals surface area contributed by atoms with Crippen molar-refractivity contribution in [3.05, 3.63) is 59.7 Å². The average molecular weight is 476 g/mol. The first-order valence-corrected chi connectivity index (χ1v) is 14.0. The Kier molecular flexibility index (Phi) is 7.48. The minimum absolute atomic E-state index is 0.0862. The Morgan fingerprint density at radius 3 is 2.03 bits per heavy atom. The Morgan fingerprint density at radius 2 is 1.43 bits per heavy atom. The molecule has 2 unspecified atom stereocenters. The van der Waals surface area contributed by atoms with Crippen LogP contribution < -0.4 is 0 Å². The summed E-state index contributed by atoms with van der Waals surface area (Å²) in [5, 5.41) is 11.3. The number of nitrogens with zero attached hydrogens (tertiary/aromatic N) is 1. The SMILES string of the molecule is CCCCCCCCCC1(O)CC2CCC(C1)N2C(=O)OCC1c2ccccc2-c2ccccc21. The van der Waals surface area contributed by atoms with Gasteiger partial charge in [0.05, 0.1) is 5.60 Å². The lowest BCUT2D eigenvalue weighted by atomic mass is 9.82. The van der Waals surface area contributed by atoms with E-state index in [2.05, 4.69) is 55.5 Å². The minimum Gasteiger partial charge on any atom is -0.448 e. The second-order valence-electron chi connectivity index (χ2n) is 11.1. The zero-order valence-corrected chi connectivity index (χ0v) is 21.3. The minimum atomic E-state index is -0.616. The van der Waals surface area contributed by atoms with Crippen molar-refractivity contribution >= 4 is 6.09 Å². The Balaban J connectivity index is 1.15. The Bertz CT molecular complexity index is 958. The second-order valence-corrected chi connectivity index (χ2v) is 11.1. The zero-order chi connectivity index (χ0) is 24.3. The highest BCUT2D eigenvalue weighted by Crippen LogP contribution is 2.46. The van der Waals surface area contributed by atoms with Crippen molar-refractivity contribution in [2.75, 3.05) is 6.61 Å². The van der Waals surface area contributed by atoms with Gasteiger partial charge in [-0.15, -0.1) is 0 Å². The normalized spacial score (nSPS) is 24.9. The van der Waals surface area contributed by atoms with E-state index in [-0.39, 0.29) is 24.1 Å². The van der Waals surface area contributed by atoms with Gasteiger partial charge in [0, 0.05) is 18.0 Å². The summed E-state index contributed by atoms with van der Waals surface area (Å²) in [4.78, 5) is 15.2. The van der Waals surface area contributed by atoms with Gasteiger partial charge < -0.3 is 14.7 Å². The molecule has 1 aliphatic carbocycles. The van der Waals surface area contributed by atoms with Crippen LogP contribution in [0.4, 0.5) is 4.79 Å². The third-order valence-corrected chi connectivity index (χ3v) is 8.64. The van der Waals surface area contributed by atoms with Gasteiger partial charge in [-0.25, -0.2) is 4.79 Å². The maximum Gasteiger partial charge on any atom is 0.410 e. The molecule has 0 aromatic heterocycles. The van der Waals surface area contributed by atoms with Crippen molar-refractivity contribution in [2.24, 2.45) is 0 Å². The van der Waals surface area contributed by atoms with Crippen LogP contribution in [0.2, 0.25) is 0 Å². The monoisotopic (exact) mass is 475 g/mol. The Hall–Kier alpha value is -2.33. The number of hydrogen-bond donors (Lipinski definition) is 1. The lowest BCUT2D eigenvalue weighted by Gasteiger charge is -2.43. The van der Waals surface area contributed by atoms with Crippen LogP contribution >= 0.6 is 0 Å². The highest BCUT2D eigenvalue weighted by Gasteiger charge is 2.49. The lowest BCUT2D eigenvalue weighted by Crippen LogP contribution is -2.53. The fourth-order valence-electron chi connectivity index (χ4n) is 6.90. The molecule has 4 nitrogen and oxygen atoms in total. The van der Waals surface area contributed by atoms with Crippen molar-refractivity contribution < 1.29 is 14.6 Å². The van der Waals surface area contributed by atoms with Crippen LogP contribution in [-0.4, -0.2) is 40.4 Å². The highest BCUT2D eigenvalue weighted by atomic mass is 16.6. The van der Waals surface area contributed by atoms with Gasteiger partial charge in [-0.2, -0.15) is 0 Å². The van der Waals surface area contributed by atoms with Gasteiger partial charge in [0.25, 0.3) is 0 Å². The predicted octanol–water partition coefficient (Wildman–Crippen LogP) is 7.43. The van der Waals surface area contributed by atoms with Crippen LogP contribution in [0, 0.1) is 0 Å². The third kappa shape index (κ3) is 5.14. The topological polar surface area (TPSA) is 49.8 Å². The number of amides is 1. The van der Waals surface area contributed by atoms with Crippen molar-refractivity contribution in [1.82, 2.24) is 4.90 Å². The molecule has 2 bridgehead atoms. The zero-order valence-electron chi connectivity index (χ0n) is 21.3. The van der Waals surface area contributed by atoms with E-state index in [0.717, 1.165) is 25.7 Å². The molecule has 1 N–H and O–H groups in total. The summed E-state index contributed by atoms with van der Waals surface area (Å²) in [6, 6.07) is 17.1. The van der Waals surface area contributed by atoms with E-state index >= 15 is 0 Å². The summed E-state index contributed by atoms with van der Waals surface area (Å²) in [7, 11) is 0. The second kappa shape index (κ2) is 10.7. The van der Waals surface area contributed by atoms with E-state index in [4.69, 9.17) is 4.74 Å². The van der Waals surface area contributed by atoms with Crippen molar-refractivity contribution in [3.8, 4) is 11.1 Å². The Morgan fingerprint density at radius 1 is 0.886 bits per heavy atom. The van der Waals surface area contributed by atoms with Crippen LogP contribution in [-0.2, 0) is 4.74 Å². The van der Waals surface area contributed by atoms with E-state index in [9.17, 15) is 9.90 Å². The smallest absolute Gasteiger partial charge is 0.410 e.